The summed E-state index contributed by atoms with van der Waals surface area (Å²) < 4.78 is 10.6. The zero-order valence-corrected chi connectivity index (χ0v) is 18.1. The SMILES string of the molecule is COc1ccc(OC)c(NC(=O)CC(C)NCC(C2CCCCC2)N(C)C)c1. The van der Waals surface area contributed by atoms with E-state index in [1.54, 1.807) is 26.4 Å². The Kier molecular flexibility index (Phi) is 9.06. The van der Waals surface area contributed by atoms with Gasteiger partial charge in [0.2, 0.25) is 5.91 Å². The zero-order valence-electron chi connectivity index (χ0n) is 18.1. The molecule has 0 saturated heterocycles. The predicted molar refractivity (Wildman–Crippen MR) is 114 cm³/mol. The summed E-state index contributed by atoms with van der Waals surface area (Å²) in [6.07, 6.45) is 7.09. The lowest BCUT2D eigenvalue weighted by Gasteiger charge is -2.35. The average Bonchev–Trinajstić information content (AvgIpc) is 2.68. The van der Waals surface area contributed by atoms with Crippen molar-refractivity contribution >= 4 is 11.6 Å². The average molecular weight is 392 g/mol. The fourth-order valence-electron chi connectivity index (χ4n) is 4.07. The first kappa shape index (κ1) is 22.5. The molecule has 2 atom stereocenters. The summed E-state index contributed by atoms with van der Waals surface area (Å²) in [5, 5.41) is 6.52. The molecule has 158 valence electrons. The number of amides is 1. The Bertz CT molecular complexity index is 615. The molecule has 1 aromatic carbocycles. The van der Waals surface area contributed by atoms with Gasteiger partial charge in [0.05, 0.1) is 19.9 Å². The van der Waals surface area contributed by atoms with Gasteiger partial charge in [-0.3, -0.25) is 4.79 Å². The van der Waals surface area contributed by atoms with E-state index in [-0.39, 0.29) is 11.9 Å². The van der Waals surface area contributed by atoms with Crippen molar-refractivity contribution < 1.29 is 14.3 Å². The molecule has 2 unspecified atom stereocenters. The van der Waals surface area contributed by atoms with Gasteiger partial charge in [-0.15, -0.1) is 0 Å². The number of nitrogens with one attached hydrogen (secondary N) is 2. The van der Waals surface area contributed by atoms with Gasteiger partial charge in [-0.1, -0.05) is 19.3 Å². The summed E-state index contributed by atoms with van der Waals surface area (Å²) in [4.78, 5) is 14.8. The number of anilines is 1. The van der Waals surface area contributed by atoms with Crippen molar-refractivity contribution in [1.29, 1.82) is 0 Å². The van der Waals surface area contributed by atoms with Crippen LogP contribution in [0, 0.1) is 5.92 Å². The Hall–Kier alpha value is -1.79. The van der Waals surface area contributed by atoms with Crippen molar-refractivity contribution in [3.05, 3.63) is 18.2 Å². The molecule has 1 saturated carbocycles. The summed E-state index contributed by atoms with van der Waals surface area (Å²) in [6, 6.07) is 6.00. The molecule has 28 heavy (non-hydrogen) atoms. The Morgan fingerprint density at radius 3 is 2.50 bits per heavy atom. The lowest BCUT2D eigenvalue weighted by atomic mass is 9.83. The van der Waals surface area contributed by atoms with Crippen molar-refractivity contribution in [2.45, 2.75) is 57.5 Å². The minimum atomic E-state index is -0.0365. The number of nitrogens with zero attached hydrogens (tertiary/aromatic N) is 1. The molecule has 0 bridgehead atoms. The number of hydrogen-bond donors (Lipinski definition) is 2. The van der Waals surface area contributed by atoms with Crippen molar-refractivity contribution in [2.75, 3.05) is 40.2 Å². The molecule has 1 aliphatic rings. The van der Waals surface area contributed by atoms with Gasteiger partial charge in [-0.05, 0) is 51.9 Å². The second-order valence-electron chi connectivity index (χ2n) is 8.06. The summed E-state index contributed by atoms with van der Waals surface area (Å²) in [7, 11) is 7.52. The minimum absolute atomic E-state index is 0.0365. The molecule has 0 aromatic heterocycles. The quantitative estimate of drug-likeness (QED) is 0.639. The van der Waals surface area contributed by atoms with Crippen LogP contribution in [0.15, 0.2) is 18.2 Å². The molecule has 1 aromatic rings. The van der Waals surface area contributed by atoms with E-state index in [1.807, 2.05) is 6.07 Å². The van der Waals surface area contributed by atoms with Gasteiger partial charge in [0.1, 0.15) is 11.5 Å². The van der Waals surface area contributed by atoms with Crippen molar-refractivity contribution in [1.82, 2.24) is 10.2 Å². The number of carbonyl (C=O) groups excluding carboxylic acids is 1. The normalized spacial score (nSPS) is 17.2. The number of hydrogen-bond acceptors (Lipinski definition) is 5. The van der Waals surface area contributed by atoms with Crippen LogP contribution in [0.4, 0.5) is 5.69 Å². The molecule has 1 amide bonds. The molecular formula is C22H37N3O3. The smallest absolute Gasteiger partial charge is 0.226 e. The lowest BCUT2D eigenvalue weighted by Crippen LogP contribution is -2.46. The third-order valence-electron chi connectivity index (χ3n) is 5.71. The first-order chi connectivity index (χ1) is 13.4. The largest absolute Gasteiger partial charge is 0.497 e. The molecule has 0 heterocycles. The number of ether oxygens (including phenoxy) is 2. The summed E-state index contributed by atoms with van der Waals surface area (Å²) in [5.41, 5.74) is 0.632. The summed E-state index contributed by atoms with van der Waals surface area (Å²) in [6.45, 7) is 2.98. The Morgan fingerprint density at radius 1 is 1.18 bits per heavy atom. The molecule has 2 N–H and O–H groups in total. The van der Waals surface area contributed by atoms with E-state index in [0.29, 0.717) is 29.6 Å². The Labute approximate surface area is 170 Å². The van der Waals surface area contributed by atoms with Gasteiger partial charge >= 0.3 is 0 Å². The van der Waals surface area contributed by atoms with Crippen LogP contribution >= 0.6 is 0 Å². The van der Waals surface area contributed by atoms with Crippen LogP contribution < -0.4 is 20.1 Å². The molecule has 0 aliphatic heterocycles. The van der Waals surface area contributed by atoms with Crippen LogP contribution in [0.3, 0.4) is 0 Å². The number of rotatable bonds is 10. The topological polar surface area (TPSA) is 62.8 Å². The highest BCUT2D eigenvalue weighted by molar-refractivity contribution is 5.92. The molecule has 0 spiro atoms. The standard InChI is InChI=1S/C22H37N3O3/c1-16(23-15-20(25(2)3)17-9-7-6-8-10-17)13-22(26)24-19-14-18(27-4)11-12-21(19)28-5/h11-12,14,16-17,20,23H,6-10,13,15H2,1-5H3,(H,24,26). The maximum Gasteiger partial charge on any atom is 0.226 e. The number of likely N-dealkylation sites (N-methyl/N-ethyl adjacent to an activating group) is 1. The molecule has 0 radical (unpaired) electrons. The van der Waals surface area contributed by atoms with Gasteiger partial charge < -0.3 is 25.0 Å². The summed E-state index contributed by atoms with van der Waals surface area (Å²) in [5.74, 6) is 2.02. The van der Waals surface area contributed by atoms with Gasteiger partial charge in [-0.25, -0.2) is 0 Å². The molecule has 6 nitrogen and oxygen atoms in total. The molecular weight excluding hydrogens is 354 g/mol. The highest BCUT2D eigenvalue weighted by Crippen LogP contribution is 2.29. The Morgan fingerprint density at radius 2 is 1.89 bits per heavy atom. The van der Waals surface area contributed by atoms with Crippen LogP contribution in [0.1, 0.15) is 45.4 Å². The van der Waals surface area contributed by atoms with E-state index in [4.69, 9.17) is 9.47 Å². The zero-order chi connectivity index (χ0) is 20.5. The third-order valence-corrected chi connectivity index (χ3v) is 5.71. The van der Waals surface area contributed by atoms with Gasteiger partial charge in [0.25, 0.3) is 0 Å². The maximum absolute atomic E-state index is 12.5. The van der Waals surface area contributed by atoms with E-state index in [9.17, 15) is 4.79 Å². The number of methoxy groups -OCH3 is 2. The van der Waals surface area contributed by atoms with Crippen molar-refractivity contribution in [3.63, 3.8) is 0 Å². The molecule has 6 heteroatoms. The highest BCUT2D eigenvalue weighted by Gasteiger charge is 2.25. The first-order valence-corrected chi connectivity index (χ1v) is 10.4. The summed E-state index contributed by atoms with van der Waals surface area (Å²) >= 11 is 0. The molecule has 1 fully saturated rings. The lowest BCUT2D eigenvalue weighted by molar-refractivity contribution is -0.116. The fraction of sp³-hybridized carbons (Fsp3) is 0.682. The number of carbonyl (C=O) groups is 1. The first-order valence-electron chi connectivity index (χ1n) is 10.4. The van der Waals surface area contributed by atoms with Crippen LogP contribution in [0.2, 0.25) is 0 Å². The fourth-order valence-corrected chi connectivity index (χ4v) is 4.07. The van der Waals surface area contributed by atoms with Crippen LogP contribution in [0.5, 0.6) is 11.5 Å². The van der Waals surface area contributed by atoms with E-state index < -0.39 is 0 Å². The van der Waals surface area contributed by atoms with Gasteiger partial charge in [-0.2, -0.15) is 0 Å². The van der Waals surface area contributed by atoms with Crippen LogP contribution in [0.25, 0.3) is 0 Å². The molecule has 1 aliphatic carbocycles. The highest BCUT2D eigenvalue weighted by atomic mass is 16.5. The van der Waals surface area contributed by atoms with Crippen LogP contribution in [-0.2, 0) is 4.79 Å². The Balaban J connectivity index is 1.86. The third kappa shape index (κ3) is 6.67. The van der Waals surface area contributed by atoms with E-state index in [0.717, 1.165) is 12.5 Å². The van der Waals surface area contributed by atoms with Crippen LogP contribution in [-0.4, -0.2) is 57.8 Å². The maximum atomic E-state index is 12.5. The predicted octanol–water partition coefficient (Wildman–Crippen LogP) is 3.52. The van der Waals surface area contributed by atoms with Crippen molar-refractivity contribution in [2.24, 2.45) is 5.92 Å². The van der Waals surface area contributed by atoms with E-state index >= 15 is 0 Å². The second kappa shape index (κ2) is 11.3. The molecule has 2 rings (SSSR count). The minimum Gasteiger partial charge on any atom is -0.497 e. The van der Waals surface area contributed by atoms with E-state index in [2.05, 4.69) is 36.6 Å². The second-order valence-corrected chi connectivity index (χ2v) is 8.06. The van der Waals surface area contributed by atoms with Gasteiger partial charge in [0.15, 0.2) is 0 Å². The van der Waals surface area contributed by atoms with E-state index in [1.165, 1.54) is 32.1 Å². The van der Waals surface area contributed by atoms with Gasteiger partial charge in [0, 0.05) is 31.1 Å². The van der Waals surface area contributed by atoms with Crippen molar-refractivity contribution in [3.8, 4) is 11.5 Å². The number of benzene rings is 1. The monoisotopic (exact) mass is 391 g/mol.